The molecule has 0 saturated heterocycles. The predicted molar refractivity (Wildman–Crippen MR) is 293 cm³/mol. The summed E-state index contributed by atoms with van der Waals surface area (Å²) in [6.07, 6.45) is 0. The molecule has 2 aliphatic heterocycles. The zero-order valence-electron chi connectivity index (χ0n) is 42.5. The van der Waals surface area contributed by atoms with E-state index in [0.717, 1.165) is 34.2 Å². The molecule has 0 atom stereocenters. The molecule has 0 fully saturated rings. The monoisotopic (exact) mass is 899 g/mol. The lowest BCUT2D eigenvalue weighted by atomic mass is 9.33. The van der Waals surface area contributed by atoms with Crippen LogP contribution in [0.2, 0.25) is 0 Å². The van der Waals surface area contributed by atoms with Crippen molar-refractivity contribution in [1.29, 1.82) is 0 Å². The summed E-state index contributed by atoms with van der Waals surface area (Å²) in [4.78, 5) is 5.08. The number of nitrogens with zero attached hydrogens (tertiary/aromatic N) is 2. The fourth-order valence-electron chi connectivity index (χ4n) is 10.2. The Morgan fingerprint density at radius 2 is 0.970 bits per heavy atom. The fourth-order valence-corrected chi connectivity index (χ4v) is 11.3. The van der Waals surface area contributed by atoms with Crippen molar-refractivity contribution in [1.82, 2.24) is 0 Å². The second-order valence-electron chi connectivity index (χ2n) is 24.4. The molecule has 1 aromatic heterocycles. The molecule has 0 spiro atoms. The summed E-state index contributed by atoms with van der Waals surface area (Å²) in [6.45, 7) is 34.6. The summed E-state index contributed by atoms with van der Waals surface area (Å²) in [6, 6.07) is 51.5. The van der Waals surface area contributed by atoms with Gasteiger partial charge in [0.15, 0.2) is 0 Å². The number of ether oxygens (including phenoxy) is 1. The van der Waals surface area contributed by atoms with Crippen LogP contribution in [0.25, 0.3) is 20.2 Å². The lowest BCUT2D eigenvalue weighted by Gasteiger charge is -2.42. The first-order chi connectivity index (χ1) is 31.4. The van der Waals surface area contributed by atoms with Crippen molar-refractivity contribution in [3.8, 4) is 11.5 Å². The highest BCUT2D eigenvalue weighted by atomic mass is 32.1. The Morgan fingerprint density at radius 3 is 1.54 bits per heavy atom. The molecule has 0 saturated carbocycles. The SMILES string of the molecule is CC(C)(C)c1ccc(N(c2ccc(C(C)(C)C)cc2)c2cc(N3c4ccc(C(C)(C)C)cc4B4c5cc(C(C)(C)C)ccc5Oc5cc(C(C)(C)C)cc3c54)cc3sc4ccccc4c23)cc1. The first kappa shape index (κ1) is 45.0. The van der Waals surface area contributed by atoms with Gasteiger partial charge in [-0.15, -0.1) is 11.3 Å². The third-order valence-electron chi connectivity index (χ3n) is 14.3. The van der Waals surface area contributed by atoms with Crippen LogP contribution in [-0.2, 0) is 27.1 Å². The van der Waals surface area contributed by atoms with Crippen molar-refractivity contribution >= 4 is 88.7 Å². The molecular formula is C62H67BN2OS. The average Bonchev–Trinajstić information content (AvgIpc) is 3.63. The van der Waals surface area contributed by atoms with E-state index in [-0.39, 0.29) is 33.8 Å². The molecule has 0 amide bonds. The summed E-state index contributed by atoms with van der Waals surface area (Å²) in [5, 5.41) is 2.53. The number of hydrogen-bond donors (Lipinski definition) is 0. The van der Waals surface area contributed by atoms with Crippen LogP contribution < -0.4 is 30.9 Å². The van der Waals surface area contributed by atoms with E-state index in [1.165, 1.54) is 75.8 Å². The minimum absolute atomic E-state index is 0.00898. The molecule has 0 bridgehead atoms. The molecule has 3 nitrogen and oxygen atoms in total. The van der Waals surface area contributed by atoms with E-state index in [2.05, 4.69) is 247 Å². The normalized spacial score (nSPS) is 14.0. The second kappa shape index (κ2) is 15.4. The molecule has 340 valence electrons. The number of fused-ring (bicyclic) bond motifs is 7. The Hall–Kier alpha value is -5.78. The van der Waals surface area contributed by atoms with E-state index in [9.17, 15) is 0 Å². The van der Waals surface area contributed by atoms with E-state index >= 15 is 0 Å². The minimum atomic E-state index is -0.126. The quantitative estimate of drug-likeness (QED) is 0.164. The van der Waals surface area contributed by atoms with E-state index in [1.54, 1.807) is 0 Å². The van der Waals surface area contributed by atoms with Gasteiger partial charge in [-0.05, 0) is 138 Å². The van der Waals surface area contributed by atoms with Crippen LogP contribution in [0.5, 0.6) is 11.5 Å². The molecule has 0 unspecified atom stereocenters. The van der Waals surface area contributed by atoms with Gasteiger partial charge >= 0.3 is 0 Å². The van der Waals surface area contributed by atoms with Crippen LogP contribution in [0, 0.1) is 0 Å². The van der Waals surface area contributed by atoms with Crippen molar-refractivity contribution in [2.24, 2.45) is 0 Å². The average molecular weight is 899 g/mol. The van der Waals surface area contributed by atoms with Crippen molar-refractivity contribution < 1.29 is 4.74 Å². The van der Waals surface area contributed by atoms with E-state index in [0.29, 0.717) is 0 Å². The zero-order chi connectivity index (χ0) is 47.7. The molecular weight excluding hydrogens is 832 g/mol. The Balaban J connectivity index is 1.30. The van der Waals surface area contributed by atoms with Gasteiger partial charge in [-0.2, -0.15) is 0 Å². The van der Waals surface area contributed by atoms with E-state index in [1.807, 2.05) is 11.3 Å². The molecule has 3 heterocycles. The zero-order valence-corrected chi connectivity index (χ0v) is 43.3. The van der Waals surface area contributed by atoms with Gasteiger partial charge in [0.2, 0.25) is 0 Å². The standard InChI is InChI=1S/C62H67BN2OS/c1-58(2,3)38-20-26-43(27-21-38)64(44-28-22-39(23-29-44)59(4,5)6)50-36-45(37-55-56(50)46-18-16-17-19-54(46)67-55)65-49-30-24-40(60(7,8)9)32-47(49)63-48-33-41(61(10,11)12)25-31-52(48)66-53-35-42(62(13,14)15)34-51(65)57(53)63/h16-37H,1-15H3. The highest BCUT2D eigenvalue weighted by Crippen LogP contribution is 2.51. The van der Waals surface area contributed by atoms with Gasteiger partial charge in [-0.25, -0.2) is 0 Å². The van der Waals surface area contributed by atoms with Crippen LogP contribution in [0.4, 0.5) is 34.1 Å². The Labute approximate surface area is 404 Å². The Kier molecular flexibility index (Phi) is 10.3. The largest absolute Gasteiger partial charge is 0.458 e. The molecule has 2 aliphatic rings. The highest BCUT2D eigenvalue weighted by molar-refractivity contribution is 7.26. The summed E-state index contributed by atoms with van der Waals surface area (Å²) >= 11 is 1.89. The summed E-state index contributed by atoms with van der Waals surface area (Å²) in [5.41, 5.74) is 17.1. The van der Waals surface area contributed by atoms with E-state index in [4.69, 9.17) is 4.74 Å². The first-order valence-corrected chi connectivity index (χ1v) is 25.1. The summed E-state index contributed by atoms with van der Waals surface area (Å²) in [7, 11) is 0. The van der Waals surface area contributed by atoms with E-state index < -0.39 is 0 Å². The molecule has 10 rings (SSSR count). The van der Waals surface area contributed by atoms with Crippen LogP contribution in [0.1, 0.15) is 132 Å². The van der Waals surface area contributed by atoms with Gasteiger partial charge < -0.3 is 14.5 Å². The third-order valence-corrected chi connectivity index (χ3v) is 15.4. The topological polar surface area (TPSA) is 15.7 Å². The van der Waals surface area contributed by atoms with Crippen molar-refractivity contribution in [2.45, 2.75) is 131 Å². The number of rotatable bonds is 4. The lowest BCUT2D eigenvalue weighted by molar-refractivity contribution is 0.482. The van der Waals surface area contributed by atoms with Gasteiger partial charge in [-0.1, -0.05) is 171 Å². The molecule has 0 aliphatic carbocycles. The van der Waals surface area contributed by atoms with Gasteiger partial charge in [0, 0.05) is 48.6 Å². The van der Waals surface area contributed by atoms with Crippen LogP contribution in [-0.4, -0.2) is 6.71 Å². The predicted octanol–water partition coefficient (Wildman–Crippen LogP) is 16.4. The Bertz CT molecular complexity index is 3170. The van der Waals surface area contributed by atoms with Gasteiger partial charge in [0.05, 0.1) is 5.69 Å². The number of anilines is 6. The van der Waals surface area contributed by atoms with Gasteiger partial charge in [0.25, 0.3) is 6.71 Å². The lowest BCUT2D eigenvalue weighted by Crippen LogP contribution is -2.60. The van der Waals surface area contributed by atoms with Gasteiger partial charge in [-0.3, -0.25) is 0 Å². The smallest absolute Gasteiger partial charge is 0.256 e. The van der Waals surface area contributed by atoms with Gasteiger partial charge in [0.1, 0.15) is 11.5 Å². The fraction of sp³-hybridized carbons (Fsp3) is 0.323. The maximum atomic E-state index is 7.15. The van der Waals surface area contributed by atoms with Crippen molar-refractivity contribution in [3.63, 3.8) is 0 Å². The molecule has 8 aromatic rings. The second-order valence-corrected chi connectivity index (χ2v) is 25.5. The van der Waals surface area contributed by atoms with Crippen molar-refractivity contribution in [3.05, 3.63) is 161 Å². The van der Waals surface area contributed by atoms with Crippen LogP contribution in [0.3, 0.4) is 0 Å². The minimum Gasteiger partial charge on any atom is -0.458 e. The van der Waals surface area contributed by atoms with Crippen LogP contribution in [0.15, 0.2) is 133 Å². The van der Waals surface area contributed by atoms with Crippen LogP contribution >= 0.6 is 11.3 Å². The third kappa shape index (κ3) is 7.85. The molecule has 5 heteroatoms. The Morgan fingerprint density at radius 1 is 0.448 bits per heavy atom. The first-order valence-electron chi connectivity index (χ1n) is 24.3. The molecule has 67 heavy (non-hydrogen) atoms. The molecule has 0 N–H and O–H groups in total. The number of benzene rings is 7. The maximum absolute atomic E-state index is 7.15. The number of thiophene rings is 1. The molecule has 0 radical (unpaired) electrons. The summed E-state index contributed by atoms with van der Waals surface area (Å²) < 4.78 is 9.68. The number of hydrogen-bond acceptors (Lipinski definition) is 4. The molecule has 7 aromatic carbocycles. The maximum Gasteiger partial charge on any atom is 0.256 e. The van der Waals surface area contributed by atoms with Crippen molar-refractivity contribution in [2.75, 3.05) is 9.80 Å². The summed E-state index contributed by atoms with van der Waals surface area (Å²) in [5.74, 6) is 1.89. The highest BCUT2D eigenvalue weighted by Gasteiger charge is 2.44.